The minimum atomic E-state index is -0.227. The summed E-state index contributed by atoms with van der Waals surface area (Å²) in [5.74, 6) is 0.583. The number of aromatic nitrogens is 8. The topological polar surface area (TPSA) is 142 Å². The van der Waals surface area contributed by atoms with E-state index in [4.69, 9.17) is 5.73 Å². The van der Waals surface area contributed by atoms with Crippen LogP contribution in [0.1, 0.15) is 6.92 Å². The number of pyridine rings is 1. The highest BCUT2D eigenvalue weighted by molar-refractivity contribution is 6.08. The third kappa shape index (κ3) is 3.88. The van der Waals surface area contributed by atoms with Gasteiger partial charge in [0.1, 0.15) is 23.5 Å². The normalized spacial score (nSPS) is 11.1. The highest BCUT2D eigenvalue weighted by Gasteiger charge is 2.22. The summed E-state index contributed by atoms with van der Waals surface area (Å²) in [6, 6.07) is 11.3. The SMILES string of the molecule is C=C(C)C(=O)Nc1ccc(-c2c(-c3ccc(-c4nnn(C)n4)nc3)c3c(N)ncnc3n2C)cc1. The van der Waals surface area contributed by atoms with Crippen LogP contribution in [0.4, 0.5) is 11.5 Å². The van der Waals surface area contributed by atoms with Crippen LogP contribution in [-0.4, -0.2) is 45.6 Å². The van der Waals surface area contributed by atoms with Crippen LogP contribution in [-0.2, 0) is 18.9 Å². The number of fused-ring (bicyclic) bond motifs is 1. The molecule has 0 aliphatic rings. The second-order valence-electron chi connectivity index (χ2n) is 8.09. The quantitative estimate of drug-likeness (QED) is 0.376. The number of nitrogen functional groups attached to an aromatic ring is 1. The first-order valence-electron chi connectivity index (χ1n) is 10.7. The van der Waals surface area contributed by atoms with E-state index in [0.717, 1.165) is 27.8 Å². The second-order valence-corrected chi connectivity index (χ2v) is 8.09. The number of nitrogens with two attached hydrogens (primary N) is 1. The number of carbonyl (C=O) groups excluding carboxylic acids is 1. The van der Waals surface area contributed by atoms with Gasteiger partial charge in [-0.15, -0.1) is 10.2 Å². The fourth-order valence-corrected chi connectivity index (χ4v) is 3.90. The molecule has 0 radical (unpaired) electrons. The number of hydrogen-bond acceptors (Lipinski definition) is 8. The zero-order chi connectivity index (χ0) is 24.7. The van der Waals surface area contributed by atoms with Gasteiger partial charge < -0.3 is 15.6 Å². The Morgan fingerprint density at radius 3 is 2.40 bits per heavy atom. The Hall–Kier alpha value is -4.93. The van der Waals surface area contributed by atoms with Crippen LogP contribution in [0.15, 0.2) is 61.1 Å². The van der Waals surface area contributed by atoms with E-state index in [1.165, 1.54) is 11.1 Å². The van der Waals surface area contributed by atoms with Crippen molar-refractivity contribution in [1.29, 1.82) is 0 Å². The molecule has 174 valence electrons. The van der Waals surface area contributed by atoms with Crippen molar-refractivity contribution in [2.75, 3.05) is 11.1 Å². The molecule has 0 fully saturated rings. The van der Waals surface area contributed by atoms with Gasteiger partial charge in [-0.1, -0.05) is 24.8 Å². The largest absolute Gasteiger partial charge is 0.383 e. The summed E-state index contributed by atoms with van der Waals surface area (Å²) in [6.07, 6.45) is 3.19. The summed E-state index contributed by atoms with van der Waals surface area (Å²) in [5, 5.41) is 15.7. The third-order valence-electron chi connectivity index (χ3n) is 5.59. The van der Waals surface area contributed by atoms with E-state index < -0.39 is 0 Å². The van der Waals surface area contributed by atoms with E-state index in [1.807, 2.05) is 48.0 Å². The molecule has 0 atom stereocenters. The molecule has 11 heteroatoms. The predicted molar refractivity (Wildman–Crippen MR) is 133 cm³/mol. The number of aryl methyl sites for hydroxylation is 2. The maximum atomic E-state index is 12.0. The first kappa shape index (κ1) is 21.9. The van der Waals surface area contributed by atoms with Gasteiger partial charge >= 0.3 is 0 Å². The number of amides is 1. The van der Waals surface area contributed by atoms with Crippen molar-refractivity contribution in [1.82, 2.24) is 39.7 Å². The number of nitrogens with zero attached hydrogens (tertiary/aromatic N) is 8. The number of tetrazole rings is 1. The highest BCUT2D eigenvalue weighted by Crippen LogP contribution is 2.41. The van der Waals surface area contributed by atoms with Gasteiger partial charge in [0.15, 0.2) is 0 Å². The van der Waals surface area contributed by atoms with Crippen LogP contribution in [0.3, 0.4) is 0 Å². The average Bonchev–Trinajstić information content (AvgIpc) is 3.41. The Balaban J connectivity index is 1.64. The molecule has 3 N–H and O–H groups in total. The van der Waals surface area contributed by atoms with Crippen LogP contribution in [0.2, 0.25) is 0 Å². The van der Waals surface area contributed by atoms with Crippen molar-refractivity contribution in [2.24, 2.45) is 14.1 Å². The van der Waals surface area contributed by atoms with Crippen LogP contribution in [0, 0.1) is 0 Å². The summed E-state index contributed by atoms with van der Waals surface area (Å²) >= 11 is 0. The molecule has 4 aromatic heterocycles. The maximum absolute atomic E-state index is 12.0. The number of hydrogen-bond donors (Lipinski definition) is 2. The first-order chi connectivity index (χ1) is 16.8. The van der Waals surface area contributed by atoms with Gasteiger partial charge in [0.05, 0.1) is 18.1 Å². The number of carbonyl (C=O) groups is 1. The molecule has 11 nitrogen and oxygen atoms in total. The minimum Gasteiger partial charge on any atom is -0.383 e. The molecule has 0 aliphatic carbocycles. The maximum Gasteiger partial charge on any atom is 0.250 e. The molecule has 0 spiro atoms. The van der Waals surface area contributed by atoms with E-state index >= 15 is 0 Å². The van der Waals surface area contributed by atoms with Gasteiger partial charge in [0, 0.05) is 35.6 Å². The van der Waals surface area contributed by atoms with Crippen molar-refractivity contribution >= 4 is 28.4 Å². The van der Waals surface area contributed by atoms with Crippen molar-refractivity contribution in [3.63, 3.8) is 0 Å². The van der Waals surface area contributed by atoms with Gasteiger partial charge in [-0.05, 0) is 35.9 Å². The minimum absolute atomic E-state index is 0.227. The van der Waals surface area contributed by atoms with Crippen LogP contribution in [0.5, 0.6) is 0 Å². The van der Waals surface area contributed by atoms with Gasteiger partial charge in [-0.2, -0.15) is 4.80 Å². The van der Waals surface area contributed by atoms with Crippen molar-refractivity contribution in [2.45, 2.75) is 6.92 Å². The van der Waals surface area contributed by atoms with E-state index in [0.29, 0.717) is 34.2 Å². The smallest absolute Gasteiger partial charge is 0.250 e. The lowest BCUT2D eigenvalue weighted by molar-refractivity contribution is -0.112. The summed E-state index contributed by atoms with van der Waals surface area (Å²) < 4.78 is 1.97. The lowest BCUT2D eigenvalue weighted by atomic mass is 9.99. The molecular formula is C24H22N10O. The Morgan fingerprint density at radius 2 is 1.77 bits per heavy atom. The van der Waals surface area contributed by atoms with Gasteiger partial charge in [0.2, 0.25) is 5.82 Å². The fraction of sp³-hybridized carbons (Fsp3) is 0.125. The van der Waals surface area contributed by atoms with E-state index in [-0.39, 0.29) is 5.91 Å². The average molecular weight is 467 g/mol. The molecule has 5 rings (SSSR count). The van der Waals surface area contributed by atoms with Crippen molar-refractivity contribution < 1.29 is 4.79 Å². The van der Waals surface area contributed by atoms with E-state index in [1.54, 1.807) is 20.2 Å². The molecule has 5 aromatic rings. The Kier molecular flexibility index (Phi) is 5.28. The summed E-state index contributed by atoms with van der Waals surface area (Å²) in [6.45, 7) is 5.34. The van der Waals surface area contributed by atoms with Gasteiger partial charge in [0.25, 0.3) is 5.91 Å². The Bertz CT molecular complexity index is 1580. The molecule has 35 heavy (non-hydrogen) atoms. The second kappa shape index (κ2) is 8.45. The number of benzene rings is 1. The standard InChI is InChI=1S/C24H22N10O/c1-13(2)24(35)29-16-8-5-14(6-9-16)20-18(19-21(25)27-12-28-23(19)33(20)3)15-7-10-17(26-11-15)22-30-32-34(4)31-22/h5-12H,1H2,2-4H3,(H,29,35)(H2,25,27,28). The van der Waals surface area contributed by atoms with Crippen molar-refractivity contribution in [3.05, 3.63) is 61.1 Å². The first-order valence-corrected chi connectivity index (χ1v) is 10.7. The van der Waals surface area contributed by atoms with Crippen LogP contribution < -0.4 is 11.1 Å². The Morgan fingerprint density at radius 1 is 1.03 bits per heavy atom. The number of nitrogens with one attached hydrogen (secondary N) is 1. The van der Waals surface area contributed by atoms with Crippen molar-refractivity contribution in [3.8, 4) is 33.9 Å². The number of anilines is 2. The summed E-state index contributed by atoms with van der Waals surface area (Å²) in [7, 11) is 3.63. The molecule has 0 bridgehead atoms. The van der Waals surface area contributed by atoms with E-state index in [9.17, 15) is 4.79 Å². The van der Waals surface area contributed by atoms with E-state index in [2.05, 4.69) is 42.3 Å². The highest BCUT2D eigenvalue weighted by atomic mass is 16.1. The summed E-state index contributed by atoms with van der Waals surface area (Å²) in [5.41, 5.74) is 12.2. The molecule has 0 unspecified atom stereocenters. The molecule has 1 aromatic carbocycles. The van der Waals surface area contributed by atoms with Crippen LogP contribution >= 0.6 is 0 Å². The zero-order valence-corrected chi connectivity index (χ0v) is 19.4. The molecule has 0 saturated carbocycles. The summed E-state index contributed by atoms with van der Waals surface area (Å²) in [4.78, 5) is 26.6. The predicted octanol–water partition coefficient (Wildman–Crippen LogP) is 2.98. The molecule has 0 aliphatic heterocycles. The molecular weight excluding hydrogens is 444 g/mol. The van der Waals surface area contributed by atoms with Gasteiger partial charge in [-0.3, -0.25) is 9.78 Å². The van der Waals surface area contributed by atoms with Gasteiger partial charge in [-0.25, -0.2) is 9.97 Å². The lowest BCUT2D eigenvalue weighted by Gasteiger charge is -2.10. The van der Waals surface area contributed by atoms with Crippen LogP contribution in [0.25, 0.3) is 44.9 Å². The molecule has 1 amide bonds. The molecule has 4 heterocycles. The molecule has 0 saturated heterocycles. The number of rotatable bonds is 5. The zero-order valence-electron chi connectivity index (χ0n) is 19.4. The fourth-order valence-electron chi connectivity index (χ4n) is 3.90. The Labute approximate surface area is 200 Å². The third-order valence-corrected chi connectivity index (χ3v) is 5.59. The monoisotopic (exact) mass is 466 g/mol. The lowest BCUT2D eigenvalue weighted by Crippen LogP contribution is -2.11.